The predicted octanol–water partition coefficient (Wildman–Crippen LogP) is -2.99. The van der Waals surface area contributed by atoms with E-state index in [4.69, 9.17) is 10.2 Å². The Morgan fingerprint density at radius 2 is 1.76 bits per heavy atom. The Bertz CT molecular complexity index is 264. The van der Waals surface area contributed by atoms with Gasteiger partial charge >= 0.3 is 6.43 Å². The number of hydrogen-bond acceptors (Lipinski definition) is 6. The number of hydrogen-bond donors (Lipinski definition) is 5. The number of rotatable bonds is 7. The van der Waals surface area contributed by atoms with Crippen LogP contribution in [0.25, 0.3) is 0 Å². The first-order valence-corrected chi connectivity index (χ1v) is 4.54. The maximum absolute atomic E-state index is 11.9. The van der Waals surface area contributed by atoms with Gasteiger partial charge in [-0.1, -0.05) is 0 Å². The van der Waals surface area contributed by atoms with Gasteiger partial charge in [-0.05, 0) is 0 Å². The maximum atomic E-state index is 11.9. The minimum absolute atomic E-state index is 0.0712. The van der Waals surface area contributed by atoms with Crippen LogP contribution < -0.4 is 5.32 Å². The Kier molecular flexibility index (Phi) is 6.73. The monoisotopic (exact) mass is 257 g/mol. The molecule has 5 N–H and O–H groups in total. The first-order chi connectivity index (χ1) is 7.84. The van der Waals surface area contributed by atoms with Crippen molar-refractivity contribution in [2.75, 3.05) is 6.61 Å². The highest BCUT2D eigenvalue weighted by Crippen LogP contribution is 2.04. The van der Waals surface area contributed by atoms with Crippen molar-refractivity contribution in [2.24, 2.45) is 0 Å². The van der Waals surface area contributed by atoms with E-state index in [1.807, 2.05) is 0 Å². The molecule has 0 unspecified atom stereocenters. The lowest BCUT2D eigenvalue weighted by Gasteiger charge is -2.26. The summed E-state index contributed by atoms with van der Waals surface area (Å²) in [5.41, 5.74) is 0. The van der Waals surface area contributed by atoms with Crippen molar-refractivity contribution in [1.29, 1.82) is 0 Å². The number of aldehydes is 1. The first kappa shape index (κ1) is 15.8. The second-order valence-corrected chi connectivity index (χ2v) is 3.20. The molecule has 0 bridgehead atoms. The summed E-state index contributed by atoms with van der Waals surface area (Å²) in [7, 11) is 0. The molecule has 4 atom stereocenters. The van der Waals surface area contributed by atoms with Crippen LogP contribution in [0.4, 0.5) is 8.78 Å². The van der Waals surface area contributed by atoms with E-state index in [9.17, 15) is 28.6 Å². The Morgan fingerprint density at radius 1 is 1.24 bits per heavy atom. The fourth-order valence-corrected chi connectivity index (χ4v) is 0.975. The van der Waals surface area contributed by atoms with Crippen LogP contribution >= 0.6 is 0 Å². The van der Waals surface area contributed by atoms with Crippen molar-refractivity contribution < 1.29 is 38.8 Å². The van der Waals surface area contributed by atoms with E-state index in [0.29, 0.717) is 0 Å². The summed E-state index contributed by atoms with van der Waals surface area (Å²) < 4.78 is 23.7. The number of amides is 1. The highest BCUT2D eigenvalue weighted by atomic mass is 19.3. The van der Waals surface area contributed by atoms with Crippen molar-refractivity contribution in [1.82, 2.24) is 5.32 Å². The zero-order chi connectivity index (χ0) is 13.6. The Morgan fingerprint density at radius 3 is 2.12 bits per heavy atom. The van der Waals surface area contributed by atoms with Gasteiger partial charge in [0.1, 0.15) is 30.6 Å². The maximum Gasteiger partial charge on any atom is 0.315 e. The van der Waals surface area contributed by atoms with Crippen LogP contribution in [0.2, 0.25) is 0 Å². The van der Waals surface area contributed by atoms with E-state index < -0.39 is 43.3 Å². The van der Waals surface area contributed by atoms with Gasteiger partial charge < -0.3 is 30.5 Å². The van der Waals surface area contributed by atoms with Crippen molar-refractivity contribution in [2.45, 2.75) is 30.8 Å². The highest BCUT2D eigenvalue weighted by Gasteiger charge is 2.33. The molecule has 0 spiro atoms. The molecule has 7 nitrogen and oxygen atoms in total. The summed E-state index contributed by atoms with van der Waals surface area (Å²) in [6.07, 6.45) is -9.20. The van der Waals surface area contributed by atoms with Crippen LogP contribution in [0.1, 0.15) is 0 Å². The predicted molar refractivity (Wildman–Crippen MR) is 49.1 cm³/mol. The zero-order valence-corrected chi connectivity index (χ0v) is 8.53. The van der Waals surface area contributed by atoms with E-state index >= 15 is 0 Å². The number of alkyl halides is 2. The van der Waals surface area contributed by atoms with E-state index in [1.165, 1.54) is 5.32 Å². The molecule has 17 heavy (non-hydrogen) atoms. The summed E-state index contributed by atoms with van der Waals surface area (Å²) in [5.74, 6) is -1.80. The smallest absolute Gasteiger partial charge is 0.315 e. The first-order valence-electron chi connectivity index (χ1n) is 4.54. The van der Waals surface area contributed by atoms with Crippen LogP contribution in [-0.2, 0) is 9.59 Å². The molecule has 0 aromatic carbocycles. The van der Waals surface area contributed by atoms with Crippen molar-refractivity contribution >= 4 is 12.2 Å². The number of halogens is 2. The third-order valence-corrected chi connectivity index (χ3v) is 1.95. The van der Waals surface area contributed by atoms with E-state index in [2.05, 4.69) is 0 Å². The van der Waals surface area contributed by atoms with Crippen LogP contribution in [0.15, 0.2) is 0 Å². The molecular formula is C8H13F2NO6. The Hall–Kier alpha value is -1.16. The van der Waals surface area contributed by atoms with Gasteiger partial charge in [-0.15, -0.1) is 0 Å². The van der Waals surface area contributed by atoms with Crippen LogP contribution in [-0.4, -0.2) is 70.0 Å². The second-order valence-electron chi connectivity index (χ2n) is 3.20. The summed E-state index contributed by atoms with van der Waals surface area (Å²) >= 11 is 0. The average Bonchev–Trinajstić information content (AvgIpc) is 2.32. The van der Waals surface area contributed by atoms with Crippen LogP contribution in [0.3, 0.4) is 0 Å². The fourth-order valence-electron chi connectivity index (χ4n) is 0.975. The largest absolute Gasteiger partial charge is 0.394 e. The van der Waals surface area contributed by atoms with Gasteiger partial charge in [-0.25, -0.2) is 0 Å². The molecule has 0 aliphatic carbocycles. The lowest BCUT2D eigenvalue weighted by molar-refractivity contribution is -0.138. The molecule has 1 amide bonds. The van der Waals surface area contributed by atoms with Crippen LogP contribution in [0.5, 0.6) is 0 Å². The number of aliphatic hydroxyl groups excluding tert-OH is 4. The minimum Gasteiger partial charge on any atom is -0.394 e. The van der Waals surface area contributed by atoms with Gasteiger partial charge in [0.15, 0.2) is 0 Å². The molecule has 0 heterocycles. The van der Waals surface area contributed by atoms with Gasteiger partial charge in [0.25, 0.3) is 5.91 Å². The van der Waals surface area contributed by atoms with Gasteiger partial charge in [0, 0.05) is 0 Å². The van der Waals surface area contributed by atoms with Crippen LogP contribution in [0, 0.1) is 0 Å². The molecular weight excluding hydrogens is 244 g/mol. The third kappa shape index (κ3) is 4.69. The molecule has 0 aromatic rings. The quantitative estimate of drug-likeness (QED) is 0.309. The molecule has 9 heteroatoms. The highest BCUT2D eigenvalue weighted by molar-refractivity contribution is 5.82. The normalized spacial score (nSPS) is 18.3. The van der Waals surface area contributed by atoms with Crippen molar-refractivity contribution in [3.05, 3.63) is 0 Å². The topological polar surface area (TPSA) is 127 Å². The average molecular weight is 257 g/mol. The number of carbonyl (C=O) groups is 2. The molecule has 0 saturated heterocycles. The van der Waals surface area contributed by atoms with E-state index in [0.717, 1.165) is 0 Å². The van der Waals surface area contributed by atoms with Gasteiger partial charge in [0.05, 0.1) is 6.61 Å². The van der Waals surface area contributed by atoms with Gasteiger partial charge in [0.2, 0.25) is 0 Å². The SMILES string of the molecule is O=C[C@@H](NC(=O)C(F)F)[C@@H](O)[C@H](O)[C@H](O)CO. The van der Waals surface area contributed by atoms with Gasteiger partial charge in [-0.2, -0.15) is 8.78 Å². The molecule has 0 aliphatic rings. The Labute approximate surface area is 94.7 Å². The number of nitrogens with one attached hydrogen (secondary N) is 1. The molecule has 0 aromatic heterocycles. The molecule has 0 radical (unpaired) electrons. The van der Waals surface area contributed by atoms with Gasteiger partial charge in [-0.3, -0.25) is 4.79 Å². The van der Waals surface area contributed by atoms with Crippen molar-refractivity contribution in [3.63, 3.8) is 0 Å². The van der Waals surface area contributed by atoms with E-state index in [1.54, 1.807) is 0 Å². The molecule has 0 fully saturated rings. The molecule has 0 rings (SSSR count). The number of aliphatic hydroxyl groups is 4. The summed E-state index contributed by atoms with van der Waals surface area (Å²) in [6, 6.07) is -1.81. The van der Waals surface area contributed by atoms with E-state index in [-0.39, 0.29) is 6.29 Å². The lowest BCUT2D eigenvalue weighted by Crippen LogP contribution is -2.54. The lowest BCUT2D eigenvalue weighted by atomic mass is 10.0. The number of carbonyl (C=O) groups excluding carboxylic acids is 2. The molecule has 100 valence electrons. The minimum atomic E-state index is -3.38. The molecule has 0 aliphatic heterocycles. The fraction of sp³-hybridized carbons (Fsp3) is 0.750. The summed E-state index contributed by atoms with van der Waals surface area (Å²) in [6.45, 7) is -0.910. The zero-order valence-electron chi connectivity index (χ0n) is 8.53. The molecule has 0 saturated carbocycles. The second kappa shape index (κ2) is 7.22. The third-order valence-electron chi connectivity index (χ3n) is 1.95. The Balaban J connectivity index is 4.55. The summed E-state index contributed by atoms with van der Waals surface area (Å²) in [4.78, 5) is 21.0. The van der Waals surface area contributed by atoms with Crippen molar-refractivity contribution in [3.8, 4) is 0 Å². The standard InChI is InChI=1S/C8H13F2NO6/c9-7(10)8(17)11-3(1-12)5(15)6(16)4(14)2-13/h1,3-7,13-16H,2H2,(H,11,17)/t3-,4-,5-,6-/m1/s1. The summed E-state index contributed by atoms with van der Waals surface area (Å²) in [5, 5.41) is 37.4.